The summed E-state index contributed by atoms with van der Waals surface area (Å²) in [6.07, 6.45) is -3.28. The van der Waals surface area contributed by atoms with E-state index in [1.165, 1.54) is 10.8 Å². The van der Waals surface area contributed by atoms with E-state index in [2.05, 4.69) is 20.4 Å². The molecular formula is C16H14ClF3N5Y-. The second kappa shape index (κ2) is 7.78. The zero-order valence-corrected chi connectivity index (χ0v) is 17.8. The summed E-state index contributed by atoms with van der Waals surface area (Å²) in [6, 6.07) is 3.59. The fourth-order valence-corrected chi connectivity index (χ4v) is 2.84. The summed E-state index contributed by atoms with van der Waals surface area (Å²) in [5.41, 5.74) is 3.45. The average molecular weight is 458 g/mol. The summed E-state index contributed by atoms with van der Waals surface area (Å²) in [6.45, 7) is 5.55. The normalized spacial score (nSPS) is 11.5. The van der Waals surface area contributed by atoms with Gasteiger partial charge in [0, 0.05) is 48.9 Å². The van der Waals surface area contributed by atoms with Crippen LogP contribution in [-0.4, -0.2) is 25.8 Å². The maximum atomic E-state index is 12.7. The van der Waals surface area contributed by atoms with Crippen LogP contribution in [0.15, 0.2) is 18.5 Å². The minimum atomic E-state index is -4.51. The van der Waals surface area contributed by atoms with Gasteiger partial charge in [0.2, 0.25) is 0 Å². The molecule has 2 heterocycles. The maximum absolute atomic E-state index is 12.7. The second-order valence-corrected chi connectivity index (χ2v) is 6.05. The van der Waals surface area contributed by atoms with Gasteiger partial charge < -0.3 is 5.32 Å². The predicted octanol–water partition coefficient (Wildman–Crippen LogP) is 4.50. The van der Waals surface area contributed by atoms with Gasteiger partial charge in [0.15, 0.2) is 0 Å². The Labute approximate surface area is 178 Å². The molecule has 0 bridgehead atoms. The van der Waals surface area contributed by atoms with Gasteiger partial charge in [-0.1, -0.05) is 11.6 Å². The molecule has 0 saturated carbocycles. The van der Waals surface area contributed by atoms with E-state index in [1.54, 1.807) is 13.0 Å². The largest absolute Gasteiger partial charge is 0.511 e. The first-order valence-electron chi connectivity index (χ1n) is 7.32. The first-order chi connectivity index (χ1) is 11.7. The summed E-state index contributed by atoms with van der Waals surface area (Å²) >= 11 is 6.36. The van der Waals surface area contributed by atoms with Gasteiger partial charge in [0.05, 0.1) is 5.69 Å². The van der Waals surface area contributed by atoms with Crippen molar-refractivity contribution >= 4 is 23.2 Å². The van der Waals surface area contributed by atoms with Gasteiger partial charge in [-0.25, -0.2) is 18.2 Å². The third kappa shape index (κ3) is 4.18. The van der Waals surface area contributed by atoms with E-state index in [-0.39, 0.29) is 50.8 Å². The van der Waals surface area contributed by atoms with E-state index < -0.39 is 6.18 Å². The Morgan fingerprint density at radius 1 is 1.15 bits per heavy atom. The van der Waals surface area contributed by atoms with Crippen molar-refractivity contribution in [3.8, 4) is 11.1 Å². The Hall–Kier alpha value is -1.25. The van der Waals surface area contributed by atoms with Crippen molar-refractivity contribution in [1.82, 2.24) is 19.6 Å². The van der Waals surface area contributed by atoms with Gasteiger partial charge in [0.25, 0.3) is 12.0 Å². The molecule has 0 amide bonds. The van der Waals surface area contributed by atoms with Crippen LogP contribution in [0.4, 0.5) is 19.0 Å². The predicted molar refractivity (Wildman–Crippen MR) is 89.4 cm³/mol. The Balaban J connectivity index is 0.00000243. The quantitative estimate of drug-likeness (QED) is 0.588. The Morgan fingerprint density at radius 2 is 1.81 bits per heavy atom. The number of nitrogens with one attached hydrogen (secondary N) is 1. The van der Waals surface area contributed by atoms with Crippen molar-refractivity contribution in [1.29, 1.82) is 0 Å². The molecule has 1 radical (unpaired) electrons. The molecule has 5 nitrogen and oxygen atoms in total. The molecule has 0 aliphatic carbocycles. The number of rotatable bonds is 3. The Kier molecular flexibility index (Phi) is 6.30. The standard InChI is InChI=1S/C16H14ClF3N5.Y/c1-8-4-11(12(17)5-9(8)2)13-10(3)24-15-22-7-23-25(15)14(13)21-6-16(18,19)20;/h4-7,21H,1-3H3;/q-1;. The molecule has 10 heteroatoms. The SMILES string of the molecule is Cc1cc(Cl)c(-c2c(C)nc3ncnn3c2N[CH-]C(F)(F)F)cc1C.[Y]. The van der Waals surface area contributed by atoms with E-state index in [9.17, 15) is 13.2 Å². The fraction of sp³-hybridized carbons (Fsp3) is 0.250. The zero-order chi connectivity index (χ0) is 18.4. The third-order valence-corrected chi connectivity index (χ3v) is 4.15. The van der Waals surface area contributed by atoms with Crippen LogP contribution in [0.2, 0.25) is 5.02 Å². The number of halogens is 4. The molecule has 0 aliphatic heterocycles. The number of fused-ring (bicyclic) bond motifs is 1. The van der Waals surface area contributed by atoms with Crippen LogP contribution in [0.3, 0.4) is 0 Å². The van der Waals surface area contributed by atoms with Crippen LogP contribution in [0.25, 0.3) is 16.9 Å². The second-order valence-electron chi connectivity index (χ2n) is 5.64. The summed E-state index contributed by atoms with van der Waals surface area (Å²) in [7, 11) is 0. The monoisotopic (exact) mass is 457 g/mol. The van der Waals surface area contributed by atoms with Crippen molar-refractivity contribution in [3.63, 3.8) is 0 Å². The minimum Gasteiger partial charge on any atom is -0.511 e. The van der Waals surface area contributed by atoms with Crippen molar-refractivity contribution in [3.05, 3.63) is 46.8 Å². The molecule has 0 saturated heterocycles. The number of nitrogens with zero attached hydrogens (tertiary/aromatic N) is 4. The van der Waals surface area contributed by atoms with Crippen LogP contribution in [0, 0.1) is 27.3 Å². The van der Waals surface area contributed by atoms with Gasteiger partial charge in [-0.05, 0) is 44.0 Å². The van der Waals surface area contributed by atoms with Crippen molar-refractivity contribution < 1.29 is 45.9 Å². The molecule has 0 atom stereocenters. The molecule has 0 aliphatic rings. The van der Waals surface area contributed by atoms with E-state index in [0.717, 1.165) is 11.1 Å². The summed E-state index contributed by atoms with van der Waals surface area (Å²) in [4.78, 5) is 8.25. The third-order valence-electron chi connectivity index (χ3n) is 3.83. The molecule has 135 valence electrons. The van der Waals surface area contributed by atoms with E-state index in [4.69, 9.17) is 11.6 Å². The number of hydrogen-bond acceptors (Lipinski definition) is 4. The summed E-state index contributed by atoms with van der Waals surface area (Å²) in [5, 5.41) is 6.68. The number of benzene rings is 1. The maximum Gasteiger partial charge on any atom is 0.286 e. The number of alkyl halides is 3. The molecule has 2 aromatic heterocycles. The fourth-order valence-electron chi connectivity index (χ4n) is 2.53. The van der Waals surface area contributed by atoms with E-state index >= 15 is 0 Å². The number of anilines is 1. The van der Waals surface area contributed by atoms with Crippen molar-refractivity contribution in [2.45, 2.75) is 26.9 Å². The van der Waals surface area contributed by atoms with E-state index in [0.29, 0.717) is 21.8 Å². The van der Waals surface area contributed by atoms with Crippen LogP contribution >= 0.6 is 11.6 Å². The first kappa shape index (κ1) is 21.1. The molecule has 1 N–H and O–H groups in total. The number of aryl methyl sites for hydroxylation is 3. The number of aromatic nitrogens is 4. The molecule has 0 spiro atoms. The molecule has 3 rings (SSSR count). The molecule has 0 fully saturated rings. The molecule has 3 aromatic rings. The molecule has 0 unspecified atom stereocenters. The number of hydrogen-bond donors (Lipinski definition) is 1. The zero-order valence-electron chi connectivity index (χ0n) is 14.2. The first-order valence-corrected chi connectivity index (χ1v) is 7.70. The van der Waals surface area contributed by atoms with Crippen LogP contribution < -0.4 is 5.32 Å². The van der Waals surface area contributed by atoms with Crippen LogP contribution in [0.1, 0.15) is 16.8 Å². The smallest absolute Gasteiger partial charge is 0.286 e. The topological polar surface area (TPSA) is 55.1 Å². The van der Waals surface area contributed by atoms with Crippen molar-refractivity contribution in [2.24, 2.45) is 0 Å². The van der Waals surface area contributed by atoms with E-state index in [1.807, 2.05) is 19.9 Å². The van der Waals surface area contributed by atoms with Crippen LogP contribution in [-0.2, 0) is 32.7 Å². The van der Waals surface area contributed by atoms with Gasteiger partial charge in [0.1, 0.15) is 12.1 Å². The molecular weight excluding hydrogens is 444 g/mol. The van der Waals surface area contributed by atoms with Crippen molar-refractivity contribution in [2.75, 3.05) is 5.32 Å². The molecule has 1 aromatic carbocycles. The van der Waals surface area contributed by atoms with Gasteiger partial charge in [-0.3, -0.25) is 0 Å². The Morgan fingerprint density at radius 3 is 2.46 bits per heavy atom. The Bertz CT molecular complexity index is 955. The van der Waals surface area contributed by atoms with Gasteiger partial charge in [-0.2, -0.15) is 14.6 Å². The minimum absolute atomic E-state index is 0. The van der Waals surface area contributed by atoms with Gasteiger partial charge >= 0.3 is 0 Å². The average Bonchev–Trinajstić information content (AvgIpc) is 2.95. The summed E-state index contributed by atoms with van der Waals surface area (Å²) in [5.74, 6) is 0.293. The summed E-state index contributed by atoms with van der Waals surface area (Å²) < 4.78 is 39.3. The van der Waals surface area contributed by atoms with Gasteiger partial charge in [-0.15, -0.1) is 6.54 Å². The molecule has 26 heavy (non-hydrogen) atoms. The van der Waals surface area contributed by atoms with Crippen LogP contribution in [0.5, 0.6) is 0 Å².